The monoisotopic (exact) mass is 301 g/mol. The highest BCUT2D eigenvalue weighted by Crippen LogP contribution is 2.20. The average Bonchev–Trinajstić information content (AvgIpc) is 3.17. The van der Waals surface area contributed by atoms with E-state index in [1.54, 1.807) is 7.11 Å². The number of hydrogen-bond acceptors (Lipinski definition) is 4. The lowest BCUT2D eigenvalue weighted by atomic mass is 10.1. The van der Waals surface area contributed by atoms with Gasteiger partial charge in [-0.15, -0.1) is 0 Å². The molecule has 5 heteroatoms. The number of hydrogen-bond donors (Lipinski definition) is 0. The van der Waals surface area contributed by atoms with E-state index in [-0.39, 0.29) is 0 Å². The van der Waals surface area contributed by atoms with E-state index in [9.17, 15) is 0 Å². The Hall–Kier alpha value is -1.88. The first-order chi connectivity index (χ1) is 10.8. The van der Waals surface area contributed by atoms with E-state index in [4.69, 9.17) is 9.47 Å². The first-order valence-corrected chi connectivity index (χ1v) is 7.89. The van der Waals surface area contributed by atoms with Crippen molar-refractivity contribution in [3.05, 3.63) is 41.5 Å². The number of aryl methyl sites for hydroxylation is 3. The van der Waals surface area contributed by atoms with E-state index in [1.165, 1.54) is 5.56 Å². The third-order valence-electron chi connectivity index (χ3n) is 4.08. The highest BCUT2D eigenvalue weighted by Gasteiger charge is 2.21. The number of nitrogens with zero attached hydrogens (tertiary/aromatic N) is 3. The molecule has 1 fully saturated rings. The van der Waals surface area contributed by atoms with Crippen molar-refractivity contribution >= 4 is 0 Å². The van der Waals surface area contributed by atoms with E-state index < -0.39 is 0 Å². The second-order valence-electron chi connectivity index (χ2n) is 5.74. The Labute approximate surface area is 131 Å². The summed E-state index contributed by atoms with van der Waals surface area (Å²) in [5.41, 5.74) is 1.33. The van der Waals surface area contributed by atoms with Crippen LogP contribution in [-0.4, -0.2) is 35.1 Å². The summed E-state index contributed by atoms with van der Waals surface area (Å²) in [6.45, 7) is 3.54. The second-order valence-corrected chi connectivity index (χ2v) is 5.74. The standard InChI is InChI=1S/C17H23N3O2/c1-13-18-17(20(19-13)15-10-11-22-12-15)5-3-4-14-6-8-16(21-2)9-7-14/h6-9,15H,3-5,10-12H2,1-2H3. The minimum atomic E-state index is 0.359. The Kier molecular flexibility index (Phi) is 4.73. The molecule has 0 radical (unpaired) electrons. The molecule has 1 atom stereocenters. The van der Waals surface area contributed by atoms with Gasteiger partial charge >= 0.3 is 0 Å². The van der Waals surface area contributed by atoms with Crippen molar-refractivity contribution in [2.75, 3.05) is 20.3 Å². The number of ether oxygens (including phenoxy) is 2. The van der Waals surface area contributed by atoms with Gasteiger partial charge in [-0.25, -0.2) is 9.67 Å². The van der Waals surface area contributed by atoms with E-state index >= 15 is 0 Å². The van der Waals surface area contributed by atoms with Gasteiger partial charge in [-0.05, 0) is 43.9 Å². The zero-order valence-corrected chi connectivity index (χ0v) is 13.3. The molecule has 1 aromatic carbocycles. The van der Waals surface area contributed by atoms with Crippen LogP contribution in [0.3, 0.4) is 0 Å². The Bertz CT molecular complexity index is 601. The van der Waals surface area contributed by atoms with Crippen molar-refractivity contribution in [2.24, 2.45) is 0 Å². The van der Waals surface area contributed by atoms with Crippen LogP contribution < -0.4 is 4.74 Å². The van der Waals surface area contributed by atoms with Gasteiger partial charge in [-0.3, -0.25) is 0 Å². The van der Waals surface area contributed by atoms with E-state index in [0.717, 1.165) is 56.3 Å². The molecule has 2 aromatic rings. The molecule has 3 rings (SSSR count). The molecule has 1 saturated heterocycles. The zero-order valence-electron chi connectivity index (χ0n) is 13.3. The molecule has 1 unspecified atom stereocenters. The summed E-state index contributed by atoms with van der Waals surface area (Å²) in [7, 11) is 1.69. The van der Waals surface area contributed by atoms with Crippen molar-refractivity contribution < 1.29 is 9.47 Å². The molecule has 118 valence electrons. The van der Waals surface area contributed by atoms with Crippen LogP contribution in [0.15, 0.2) is 24.3 Å². The van der Waals surface area contributed by atoms with E-state index in [0.29, 0.717) is 6.04 Å². The van der Waals surface area contributed by atoms with Crippen LogP contribution in [0.2, 0.25) is 0 Å². The molecule has 0 bridgehead atoms. The zero-order chi connectivity index (χ0) is 15.4. The molecule has 0 saturated carbocycles. The fourth-order valence-electron chi connectivity index (χ4n) is 2.89. The Morgan fingerprint density at radius 1 is 1.27 bits per heavy atom. The summed E-state index contributed by atoms with van der Waals surface area (Å²) >= 11 is 0. The third-order valence-corrected chi connectivity index (χ3v) is 4.08. The third kappa shape index (κ3) is 3.47. The van der Waals surface area contributed by atoms with Gasteiger partial charge in [0.2, 0.25) is 0 Å². The van der Waals surface area contributed by atoms with Crippen LogP contribution in [0.25, 0.3) is 0 Å². The summed E-state index contributed by atoms with van der Waals surface area (Å²) in [5.74, 6) is 2.84. The minimum absolute atomic E-state index is 0.359. The van der Waals surface area contributed by atoms with Crippen LogP contribution in [0.5, 0.6) is 5.75 Å². The predicted molar refractivity (Wildman–Crippen MR) is 84.3 cm³/mol. The van der Waals surface area contributed by atoms with Gasteiger partial charge in [-0.2, -0.15) is 5.10 Å². The number of methoxy groups -OCH3 is 1. The fourth-order valence-corrected chi connectivity index (χ4v) is 2.89. The maximum atomic E-state index is 5.47. The van der Waals surface area contributed by atoms with Gasteiger partial charge in [-0.1, -0.05) is 12.1 Å². The molecule has 1 aliphatic heterocycles. The average molecular weight is 301 g/mol. The van der Waals surface area contributed by atoms with Crippen LogP contribution in [0.4, 0.5) is 0 Å². The predicted octanol–water partition coefficient (Wildman–Crippen LogP) is 2.73. The lowest BCUT2D eigenvalue weighted by Crippen LogP contribution is -2.14. The van der Waals surface area contributed by atoms with Gasteiger partial charge in [0.05, 0.1) is 19.8 Å². The van der Waals surface area contributed by atoms with E-state index in [2.05, 4.69) is 26.9 Å². The van der Waals surface area contributed by atoms with Crippen LogP contribution >= 0.6 is 0 Å². The highest BCUT2D eigenvalue weighted by atomic mass is 16.5. The topological polar surface area (TPSA) is 49.2 Å². The lowest BCUT2D eigenvalue weighted by Gasteiger charge is -2.11. The first-order valence-electron chi connectivity index (χ1n) is 7.89. The Morgan fingerprint density at radius 2 is 2.09 bits per heavy atom. The maximum absolute atomic E-state index is 5.47. The van der Waals surface area contributed by atoms with Gasteiger partial charge < -0.3 is 9.47 Å². The quantitative estimate of drug-likeness (QED) is 0.823. The minimum Gasteiger partial charge on any atom is -0.497 e. The smallest absolute Gasteiger partial charge is 0.147 e. The molecule has 0 N–H and O–H groups in total. The van der Waals surface area contributed by atoms with Crippen molar-refractivity contribution in [1.82, 2.24) is 14.8 Å². The SMILES string of the molecule is COc1ccc(CCCc2nc(C)nn2C2CCOC2)cc1. The molecule has 1 aliphatic rings. The normalized spacial score (nSPS) is 17.8. The number of benzene rings is 1. The van der Waals surface area contributed by atoms with Gasteiger partial charge in [0, 0.05) is 13.0 Å². The summed E-state index contributed by atoms with van der Waals surface area (Å²) in [4.78, 5) is 4.59. The molecule has 0 amide bonds. The maximum Gasteiger partial charge on any atom is 0.147 e. The largest absolute Gasteiger partial charge is 0.497 e. The van der Waals surface area contributed by atoms with Gasteiger partial charge in [0.15, 0.2) is 0 Å². The summed E-state index contributed by atoms with van der Waals surface area (Å²) in [6.07, 6.45) is 4.09. The first kappa shape index (κ1) is 15.0. The van der Waals surface area contributed by atoms with E-state index in [1.807, 2.05) is 19.1 Å². The molecule has 5 nitrogen and oxygen atoms in total. The summed E-state index contributed by atoms with van der Waals surface area (Å²) in [6, 6.07) is 8.63. The van der Waals surface area contributed by atoms with Gasteiger partial charge in [0.1, 0.15) is 17.4 Å². The second kappa shape index (κ2) is 6.92. The van der Waals surface area contributed by atoms with Crippen LogP contribution in [0.1, 0.15) is 36.1 Å². The fraction of sp³-hybridized carbons (Fsp3) is 0.529. The summed E-state index contributed by atoms with van der Waals surface area (Å²) < 4.78 is 12.7. The molecule has 0 aliphatic carbocycles. The number of rotatable bonds is 6. The van der Waals surface area contributed by atoms with Gasteiger partial charge in [0.25, 0.3) is 0 Å². The van der Waals surface area contributed by atoms with Crippen molar-refractivity contribution in [3.8, 4) is 5.75 Å². The molecular formula is C17H23N3O2. The van der Waals surface area contributed by atoms with Crippen LogP contribution in [0, 0.1) is 6.92 Å². The molecule has 1 aromatic heterocycles. The summed E-state index contributed by atoms with van der Waals surface area (Å²) in [5, 5.41) is 4.55. The Balaban J connectivity index is 1.58. The van der Waals surface area contributed by atoms with Crippen molar-refractivity contribution in [1.29, 1.82) is 0 Å². The molecule has 22 heavy (non-hydrogen) atoms. The lowest BCUT2D eigenvalue weighted by molar-refractivity contribution is 0.183. The molecule has 2 heterocycles. The molecular weight excluding hydrogens is 278 g/mol. The Morgan fingerprint density at radius 3 is 2.77 bits per heavy atom. The molecule has 0 spiro atoms. The van der Waals surface area contributed by atoms with Crippen LogP contribution in [-0.2, 0) is 17.6 Å². The van der Waals surface area contributed by atoms with Crippen molar-refractivity contribution in [3.63, 3.8) is 0 Å². The number of aromatic nitrogens is 3. The highest BCUT2D eigenvalue weighted by molar-refractivity contribution is 5.27. The van der Waals surface area contributed by atoms with Crippen molar-refractivity contribution in [2.45, 2.75) is 38.6 Å².